The van der Waals surface area contributed by atoms with Crippen LogP contribution in [0, 0.1) is 6.92 Å². The van der Waals surface area contributed by atoms with Gasteiger partial charge in [-0.25, -0.2) is 9.59 Å². The van der Waals surface area contributed by atoms with Crippen molar-refractivity contribution in [3.05, 3.63) is 39.3 Å². The second-order valence-corrected chi connectivity index (χ2v) is 7.89. The van der Waals surface area contributed by atoms with E-state index < -0.39 is 11.7 Å². The number of rotatable bonds is 4. The number of carbonyl (C=O) groups is 1. The molecule has 0 aliphatic heterocycles. The Morgan fingerprint density at radius 1 is 1.18 bits per heavy atom. The number of carbonyl (C=O) groups excluding carboxylic acids is 1. The van der Waals surface area contributed by atoms with Gasteiger partial charge in [0, 0.05) is 18.6 Å². The zero-order valence-electron chi connectivity index (χ0n) is 16.8. The minimum atomic E-state index is -0.610. The van der Waals surface area contributed by atoms with Crippen LogP contribution in [0.3, 0.4) is 0 Å². The number of halogens is 1. The van der Waals surface area contributed by atoms with Gasteiger partial charge in [-0.15, -0.1) is 4.68 Å². The van der Waals surface area contributed by atoms with Crippen molar-refractivity contribution in [3.63, 3.8) is 0 Å². The number of hydrogen-bond donors (Lipinski definition) is 0. The molecule has 0 atom stereocenters. The molecule has 1 aromatic heterocycles. The maximum atomic E-state index is 13.1. The topological polar surface area (TPSA) is 76.3 Å². The summed E-state index contributed by atoms with van der Waals surface area (Å²) in [5.41, 5.74) is 0.618. The van der Waals surface area contributed by atoms with E-state index in [0.717, 1.165) is 40.6 Å². The molecule has 0 radical (unpaired) electrons. The second-order valence-electron chi connectivity index (χ2n) is 7.48. The van der Waals surface area contributed by atoms with Crippen molar-refractivity contribution in [1.82, 2.24) is 29.6 Å². The van der Waals surface area contributed by atoms with Crippen molar-refractivity contribution in [2.24, 2.45) is 0 Å². The average Bonchev–Trinajstić information content (AvgIpc) is 3.04. The van der Waals surface area contributed by atoms with Crippen LogP contribution in [0.15, 0.2) is 23.0 Å². The molecule has 1 aliphatic rings. The fourth-order valence-electron chi connectivity index (χ4n) is 3.96. The quantitative estimate of drug-likeness (QED) is 0.729. The number of aromatic nitrogens is 4. The fourth-order valence-corrected chi connectivity index (χ4v) is 4.26. The van der Waals surface area contributed by atoms with E-state index in [1.54, 1.807) is 17.0 Å². The predicted octanol–water partition coefficient (Wildman–Crippen LogP) is 2.55. The van der Waals surface area contributed by atoms with Gasteiger partial charge in [0.15, 0.2) is 0 Å². The van der Waals surface area contributed by atoms with E-state index in [9.17, 15) is 9.59 Å². The van der Waals surface area contributed by atoms with E-state index in [1.165, 1.54) is 0 Å². The Bertz CT molecular complexity index is 878. The number of benzene rings is 1. The molecule has 1 saturated carbocycles. The summed E-state index contributed by atoms with van der Waals surface area (Å²) in [6.07, 6.45) is 3.88. The third-order valence-corrected chi connectivity index (χ3v) is 5.89. The first kappa shape index (κ1) is 20.5. The SMILES string of the molecule is CCN(C(=O)n1nnn(-c2c(C)cccc2Cl)c1=O)C1CCC(N(C)C)CC1. The lowest BCUT2D eigenvalue weighted by atomic mass is 9.89. The summed E-state index contributed by atoms with van der Waals surface area (Å²) < 4.78 is 1.93. The Kier molecular flexibility index (Phi) is 6.20. The van der Waals surface area contributed by atoms with Gasteiger partial charge in [0.2, 0.25) is 0 Å². The van der Waals surface area contributed by atoms with Gasteiger partial charge in [0.25, 0.3) is 0 Å². The summed E-state index contributed by atoms with van der Waals surface area (Å²) in [5.74, 6) is 0. The lowest BCUT2D eigenvalue weighted by Gasteiger charge is -2.37. The number of nitrogens with zero attached hydrogens (tertiary/aromatic N) is 6. The van der Waals surface area contributed by atoms with Crippen LogP contribution in [0.25, 0.3) is 5.69 Å². The first-order valence-electron chi connectivity index (χ1n) is 9.63. The molecule has 8 nitrogen and oxygen atoms in total. The van der Waals surface area contributed by atoms with E-state index in [1.807, 2.05) is 19.9 Å². The molecule has 1 heterocycles. The largest absolute Gasteiger partial charge is 0.377 e. The highest BCUT2D eigenvalue weighted by molar-refractivity contribution is 6.32. The average molecular weight is 407 g/mol. The number of para-hydroxylation sites is 1. The van der Waals surface area contributed by atoms with Crippen molar-refractivity contribution >= 4 is 17.6 Å². The molecular formula is C19H27ClN6O2. The summed E-state index contributed by atoms with van der Waals surface area (Å²) in [7, 11) is 4.17. The Morgan fingerprint density at radius 3 is 2.39 bits per heavy atom. The number of tetrazole rings is 1. The van der Waals surface area contributed by atoms with Gasteiger partial charge >= 0.3 is 11.7 Å². The first-order chi connectivity index (χ1) is 13.3. The lowest BCUT2D eigenvalue weighted by molar-refractivity contribution is 0.130. The van der Waals surface area contributed by atoms with Gasteiger partial charge in [0.05, 0.1) is 10.7 Å². The molecule has 0 unspecified atom stereocenters. The van der Waals surface area contributed by atoms with Crippen LogP contribution in [0.2, 0.25) is 5.02 Å². The van der Waals surface area contributed by atoms with E-state index in [-0.39, 0.29) is 6.04 Å². The molecule has 1 amide bonds. The highest BCUT2D eigenvalue weighted by atomic mass is 35.5. The van der Waals surface area contributed by atoms with Crippen molar-refractivity contribution in [1.29, 1.82) is 0 Å². The number of hydrogen-bond acceptors (Lipinski definition) is 5. The Hall–Kier alpha value is -2.19. The maximum absolute atomic E-state index is 13.1. The van der Waals surface area contributed by atoms with E-state index in [4.69, 9.17) is 11.6 Å². The third kappa shape index (κ3) is 3.84. The monoisotopic (exact) mass is 406 g/mol. The van der Waals surface area contributed by atoms with Crippen molar-refractivity contribution in [2.75, 3.05) is 20.6 Å². The van der Waals surface area contributed by atoms with Gasteiger partial charge in [-0.1, -0.05) is 23.7 Å². The zero-order chi connectivity index (χ0) is 20.4. The molecule has 28 heavy (non-hydrogen) atoms. The Balaban J connectivity index is 1.85. The lowest BCUT2D eigenvalue weighted by Crippen LogP contribution is -2.48. The molecule has 9 heteroatoms. The van der Waals surface area contributed by atoms with Gasteiger partial charge in [0.1, 0.15) is 0 Å². The van der Waals surface area contributed by atoms with Crippen molar-refractivity contribution in [2.45, 2.75) is 51.6 Å². The molecule has 152 valence electrons. The standard InChI is InChI=1S/C19H27ClN6O2/c1-5-24(15-11-9-14(10-12-15)23(3)4)18(27)26-19(28)25(21-22-26)17-13(2)7-6-8-16(17)20/h6-8,14-15H,5,9-12H2,1-4H3. The molecule has 1 aliphatic carbocycles. The summed E-state index contributed by atoms with van der Waals surface area (Å²) in [5, 5.41) is 8.13. The second kappa shape index (κ2) is 8.45. The van der Waals surface area contributed by atoms with Crippen LogP contribution < -0.4 is 5.69 Å². The smallest absolute Gasteiger partial charge is 0.320 e. The van der Waals surface area contributed by atoms with Crippen LogP contribution in [0.4, 0.5) is 4.79 Å². The summed E-state index contributed by atoms with van der Waals surface area (Å²) in [4.78, 5) is 29.9. The maximum Gasteiger partial charge on any atom is 0.377 e. The first-order valence-corrected chi connectivity index (χ1v) is 10.0. The predicted molar refractivity (Wildman–Crippen MR) is 108 cm³/mol. The third-order valence-electron chi connectivity index (χ3n) is 5.59. The molecule has 3 rings (SSSR count). The zero-order valence-corrected chi connectivity index (χ0v) is 17.6. The highest BCUT2D eigenvalue weighted by Crippen LogP contribution is 2.26. The molecule has 0 bridgehead atoms. The van der Waals surface area contributed by atoms with Crippen LogP contribution in [-0.2, 0) is 0 Å². The Morgan fingerprint density at radius 2 is 1.82 bits per heavy atom. The van der Waals surface area contributed by atoms with E-state index in [2.05, 4.69) is 29.4 Å². The molecule has 1 fully saturated rings. The van der Waals surface area contributed by atoms with E-state index in [0.29, 0.717) is 23.3 Å². The fraction of sp³-hybridized carbons (Fsp3) is 0.579. The summed E-state index contributed by atoms with van der Waals surface area (Å²) in [6, 6.07) is 5.51. The van der Waals surface area contributed by atoms with E-state index >= 15 is 0 Å². The molecular weight excluding hydrogens is 380 g/mol. The van der Waals surface area contributed by atoms with Crippen LogP contribution >= 0.6 is 11.6 Å². The molecule has 0 N–H and O–H groups in total. The van der Waals surface area contributed by atoms with Crippen molar-refractivity contribution < 1.29 is 4.79 Å². The van der Waals surface area contributed by atoms with Gasteiger partial charge in [-0.3, -0.25) is 0 Å². The normalized spacial score (nSPS) is 19.8. The van der Waals surface area contributed by atoms with Crippen LogP contribution in [0.5, 0.6) is 0 Å². The van der Waals surface area contributed by atoms with Gasteiger partial charge in [-0.05, 0) is 75.7 Å². The molecule has 0 saturated heterocycles. The van der Waals surface area contributed by atoms with Crippen LogP contribution in [-0.4, -0.2) is 68.3 Å². The molecule has 1 aromatic carbocycles. The van der Waals surface area contributed by atoms with Crippen LogP contribution in [0.1, 0.15) is 38.2 Å². The highest BCUT2D eigenvalue weighted by Gasteiger charge is 2.31. The van der Waals surface area contributed by atoms with Gasteiger partial charge < -0.3 is 9.80 Å². The van der Waals surface area contributed by atoms with Crippen molar-refractivity contribution in [3.8, 4) is 5.69 Å². The number of aryl methyl sites for hydroxylation is 1. The minimum Gasteiger partial charge on any atom is -0.320 e. The summed E-state index contributed by atoms with van der Waals surface area (Å²) in [6.45, 7) is 4.26. The molecule has 2 aromatic rings. The number of amides is 1. The Labute approximate surface area is 169 Å². The van der Waals surface area contributed by atoms with Gasteiger partial charge in [-0.2, -0.15) is 4.68 Å². The molecule has 0 spiro atoms. The summed E-state index contributed by atoms with van der Waals surface area (Å²) >= 11 is 6.24. The minimum absolute atomic E-state index is 0.104.